The van der Waals surface area contributed by atoms with Gasteiger partial charge < -0.3 is 53.6 Å². The molecule has 0 rings (SSSR count). The Morgan fingerprint density at radius 1 is 0.800 bits per heavy atom. The molecule has 0 aliphatic heterocycles. The molecular weight excluding hydrogens is 308 g/mol. The van der Waals surface area contributed by atoms with Gasteiger partial charge in [-0.3, -0.25) is 0 Å². The van der Waals surface area contributed by atoms with Crippen molar-refractivity contribution in [3.8, 4) is 0 Å². The highest BCUT2D eigenvalue weighted by molar-refractivity contribution is 7.78. The molecule has 0 spiro atoms. The van der Waals surface area contributed by atoms with E-state index in [4.69, 9.17) is 30.6 Å². The van der Waals surface area contributed by atoms with Crippen LogP contribution in [0.15, 0.2) is 0 Å². The Bertz CT molecular complexity index is 246. The fraction of sp³-hybridized carbons (Fsp3) is 0.500. The lowest BCUT2D eigenvalue weighted by Crippen LogP contribution is -2.64. The minimum atomic E-state index is -2.19. The zero-order valence-corrected chi connectivity index (χ0v) is 12.6. The van der Waals surface area contributed by atoms with Crippen LogP contribution >= 0.6 is 24.4 Å². The first-order chi connectivity index (χ1) is 9.30. The monoisotopic (exact) mass is 328 g/mol. The maximum absolute atomic E-state index is 8.93. The van der Waals surface area contributed by atoms with Crippen LogP contribution in [0, 0.1) is 0 Å². The number of nitrogens with zero attached hydrogens (tertiary/aromatic N) is 2. The van der Waals surface area contributed by atoms with E-state index < -0.39 is 11.9 Å². The highest BCUT2D eigenvalue weighted by Crippen LogP contribution is 1.41. The van der Waals surface area contributed by atoms with Crippen LogP contribution < -0.4 is 33.1 Å². The van der Waals surface area contributed by atoms with Crippen molar-refractivity contribution in [2.75, 3.05) is 26.2 Å². The van der Waals surface area contributed by atoms with E-state index in [1.54, 1.807) is 0 Å². The molecule has 0 saturated carbocycles. The molecule has 12 N–H and O–H groups in total. The smallest absolute Gasteiger partial charge is 0.124 e. The zero-order valence-electron chi connectivity index (χ0n) is 11.0. The van der Waals surface area contributed by atoms with Gasteiger partial charge in [-0.1, -0.05) is 24.4 Å². The Hall–Kier alpha value is -1.62. The minimum absolute atomic E-state index is 0.958. The van der Waals surface area contributed by atoms with Crippen molar-refractivity contribution in [1.82, 2.24) is 0 Å². The lowest BCUT2D eigenvalue weighted by Gasteiger charge is -1.97. The molecule has 0 saturated heterocycles. The predicted octanol–water partition coefficient (Wildman–Crippen LogP) is -7.26. The highest BCUT2D eigenvalue weighted by Gasteiger charge is 1.75. The first-order valence-corrected chi connectivity index (χ1v) is 5.74. The predicted molar refractivity (Wildman–Crippen MR) is 72.9 cm³/mol. The van der Waals surface area contributed by atoms with Crippen molar-refractivity contribution in [1.29, 1.82) is 0 Å². The summed E-state index contributed by atoms with van der Waals surface area (Å²) in [4.78, 5) is 17.9. The van der Waals surface area contributed by atoms with Crippen molar-refractivity contribution < 1.29 is 42.7 Å². The second-order valence-electron chi connectivity index (χ2n) is 2.17. The minimum Gasteiger partial charge on any atom is -0.753 e. The summed E-state index contributed by atoms with van der Waals surface area (Å²) in [6.07, 6.45) is 0. The summed E-state index contributed by atoms with van der Waals surface area (Å²) in [5.41, 5.74) is 14.2. The molecule has 0 atom stereocenters. The van der Waals surface area contributed by atoms with Gasteiger partial charge >= 0.3 is 0 Å². The Morgan fingerprint density at radius 3 is 0.900 bits per heavy atom. The lowest BCUT2D eigenvalue weighted by atomic mass is 10.7. The van der Waals surface area contributed by atoms with E-state index in [0.29, 0.717) is 0 Å². The van der Waals surface area contributed by atoms with Crippen molar-refractivity contribution >= 4 is 46.7 Å². The van der Waals surface area contributed by atoms with Crippen molar-refractivity contribution in [3.63, 3.8) is 0 Å². The van der Waals surface area contributed by atoms with Crippen LogP contribution in [0.4, 0.5) is 0 Å². The number of carbonyl (C=O) groups excluding carboxylic acids is 2. The molecule has 0 aliphatic carbocycles. The third-order valence-electron chi connectivity index (χ3n) is 0.667. The van der Waals surface area contributed by atoms with E-state index in [1.165, 1.54) is 10.3 Å². The molecule has 0 unspecified atom stereocenters. The van der Waals surface area contributed by atoms with Gasteiger partial charge in [-0.2, -0.15) is 10.3 Å². The van der Waals surface area contributed by atoms with Crippen LogP contribution in [0.25, 0.3) is 10.8 Å². The Morgan fingerprint density at radius 2 is 0.900 bits per heavy atom. The number of quaternary nitrogens is 4. The molecule has 12 heteroatoms. The molecule has 118 valence electrons. The molecule has 0 fully saturated rings. The zero-order chi connectivity index (χ0) is 17.4. The molecular formula is C8H20N6O4S2. The van der Waals surface area contributed by atoms with Gasteiger partial charge in [-0.15, -0.1) is 0 Å². The summed E-state index contributed by atoms with van der Waals surface area (Å²) in [7, 11) is 0. The standard InChI is InChI=1S/2C2H8N2.C2H2O4.2CNS/c2*3-1-2-4;3-1(4)2(5)6;2*2-1-3/h2*1-4H2;(H,3,4)(H,5,6);;/q;;;2*-1/p+2. The average Bonchev–Trinajstić information content (AvgIpc) is 2.41. The first kappa shape index (κ1) is 31.0. The van der Waals surface area contributed by atoms with Gasteiger partial charge in [0.2, 0.25) is 0 Å². The van der Waals surface area contributed by atoms with E-state index in [2.05, 4.69) is 47.4 Å². The van der Waals surface area contributed by atoms with E-state index in [-0.39, 0.29) is 0 Å². The Kier molecular flexibility index (Phi) is 67.1. The lowest BCUT2D eigenvalue weighted by molar-refractivity contribution is -0.453. The van der Waals surface area contributed by atoms with Gasteiger partial charge in [0.1, 0.15) is 26.2 Å². The maximum atomic E-state index is 8.93. The molecule has 0 bridgehead atoms. The summed E-state index contributed by atoms with van der Waals surface area (Å²) in [6, 6.07) is 0. The molecule has 20 heavy (non-hydrogen) atoms. The van der Waals surface area contributed by atoms with Crippen LogP contribution in [0.1, 0.15) is 0 Å². The van der Waals surface area contributed by atoms with Crippen molar-refractivity contribution in [3.05, 3.63) is 10.8 Å². The largest absolute Gasteiger partial charge is 0.753 e. The molecule has 0 aromatic heterocycles. The van der Waals surface area contributed by atoms with Crippen LogP contribution in [-0.2, 0) is 9.59 Å². The summed E-state index contributed by atoms with van der Waals surface area (Å²) in [5.74, 6) is -4.37. The SMILES string of the molecule is O=C([O-])C(=O)[O-].[N-]=C=S.[N-]=C=S.[NH3+]CC[NH3+].[NH3+]CC[NH3+]. The van der Waals surface area contributed by atoms with Crippen LogP contribution in [0.2, 0.25) is 0 Å². The second kappa shape index (κ2) is 43.3. The van der Waals surface area contributed by atoms with Gasteiger partial charge in [0.25, 0.3) is 0 Å². The fourth-order valence-electron chi connectivity index (χ4n) is 0. The van der Waals surface area contributed by atoms with Gasteiger partial charge in [-0.25, -0.2) is 0 Å². The topological polar surface area (TPSA) is 235 Å². The molecule has 0 radical (unpaired) electrons. The average molecular weight is 328 g/mol. The Balaban J connectivity index is -0.0000000484. The number of aliphatic carboxylic acids is 2. The number of carboxylic acid groups (broad SMARTS) is 2. The van der Waals surface area contributed by atoms with E-state index >= 15 is 0 Å². The Labute approximate surface area is 127 Å². The summed E-state index contributed by atoms with van der Waals surface area (Å²) in [6.45, 7) is 3.83. The van der Waals surface area contributed by atoms with Crippen LogP contribution in [0.5, 0.6) is 0 Å². The fourth-order valence-corrected chi connectivity index (χ4v) is 0. The molecule has 0 aromatic rings. The normalized spacial score (nSPS) is 6.00. The number of thiocarbonyl (C=S) groups is 2. The van der Waals surface area contributed by atoms with E-state index in [1.807, 2.05) is 0 Å². The second-order valence-corrected chi connectivity index (χ2v) is 2.54. The molecule has 0 aliphatic rings. The molecule has 0 amide bonds. The molecule has 0 heterocycles. The van der Waals surface area contributed by atoms with E-state index in [9.17, 15) is 0 Å². The molecule has 10 nitrogen and oxygen atoms in total. The number of rotatable bonds is 2. The van der Waals surface area contributed by atoms with Crippen LogP contribution in [0.3, 0.4) is 0 Å². The van der Waals surface area contributed by atoms with Gasteiger partial charge in [0.05, 0.1) is 11.9 Å². The van der Waals surface area contributed by atoms with Crippen molar-refractivity contribution in [2.24, 2.45) is 0 Å². The number of hydrogen-bond donors (Lipinski definition) is 4. The third kappa shape index (κ3) is 202. The highest BCUT2D eigenvalue weighted by atomic mass is 32.1. The number of hydrogen-bond acceptors (Lipinski definition) is 6. The van der Waals surface area contributed by atoms with Gasteiger partial charge in [0, 0.05) is 0 Å². The number of carbonyl (C=O) groups is 2. The van der Waals surface area contributed by atoms with Gasteiger partial charge in [0.15, 0.2) is 0 Å². The molecule has 0 aromatic carbocycles. The maximum Gasteiger partial charge on any atom is 0.124 e. The van der Waals surface area contributed by atoms with Gasteiger partial charge in [-0.05, 0) is 0 Å². The van der Waals surface area contributed by atoms with Crippen molar-refractivity contribution in [2.45, 2.75) is 0 Å². The van der Waals surface area contributed by atoms with Crippen LogP contribution in [-0.4, -0.2) is 48.4 Å². The quantitative estimate of drug-likeness (QED) is 0.218. The van der Waals surface area contributed by atoms with E-state index in [0.717, 1.165) is 26.2 Å². The summed E-state index contributed by atoms with van der Waals surface area (Å²) < 4.78 is 0. The number of isothiocyanates is 2. The summed E-state index contributed by atoms with van der Waals surface area (Å²) >= 11 is 7.40. The number of carboxylic acids is 2. The first-order valence-electron chi connectivity index (χ1n) is 4.92. The summed E-state index contributed by atoms with van der Waals surface area (Å²) in [5, 5.41) is 34.8. The third-order valence-corrected chi connectivity index (χ3v) is 0.667.